The molecule has 0 fully saturated rings. The minimum Gasteiger partial charge on any atom is -0.358 e. The average molecular weight is 447 g/mol. The summed E-state index contributed by atoms with van der Waals surface area (Å²) < 4.78 is 0. The van der Waals surface area contributed by atoms with Gasteiger partial charge in [-0.05, 0) is 37.0 Å². The molecule has 0 saturated heterocycles. The molecule has 1 amide bonds. The molecule has 168 valence electrons. The van der Waals surface area contributed by atoms with Crippen molar-refractivity contribution >= 4 is 23.1 Å². The molecule has 34 heavy (non-hydrogen) atoms. The molecular weight excluding hydrogens is 420 g/mol. The molecule has 0 bridgehead atoms. The van der Waals surface area contributed by atoms with E-state index in [0.717, 1.165) is 39.3 Å². The maximum atomic E-state index is 14.4. The van der Waals surface area contributed by atoms with E-state index in [1.165, 1.54) is 0 Å². The predicted molar refractivity (Wildman–Crippen MR) is 135 cm³/mol. The molecule has 0 saturated carbocycles. The molecule has 3 aromatic rings. The molecule has 1 spiro atoms. The van der Waals surface area contributed by atoms with Crippen LogP contribution in [-0.2, 0) is 15.0 Å². The number of para-hydroxylation sites is 1. The lowest BCUT2D eigenvalue weighted by Gasteiger charge is -2.42. The van der Waals surface area contributed by atoms with Crippen LogP contribution in [0.4, 0.5) is 11.4 Å². The number of ketones is 1. The van der Waals surface area contributed by atoms with E-state index in [4.69, 9.17) is 0 Å². The van der Waals surface area contributed by atoms with Crippen LogP contribution in [0.15, 0.2) is 96.7 Å². The number of benzene rings is 3. The van der Waals surface area contributed by atoms with Crippen LogP contribution < -0.4 is 10.2 Å². The van der Waals surface area contributed by atoms with Crippen molar-refractivity contribution in [1.29, 1.82) is 0 Å². The average Bonchev–Trinajstić information content (AvgIpc) is 3.09. The molecule has 2 atom stereocenters. The van der Waals surface area contributed by atoms with E-state index < -0.39 is 5.41 Å². The van der Waals surface area contributed by atoms with Gasteiger partial charge in [-0.2, -0.15) is 0 Å². The highest BCUT2D eigenvalue weighted by Crippen LogP contribution is 2.57. The van der Waals surface area contributed by atoms with Crippen molar-refractivity contribution in [1.82, 2.24) is 0 Å². The van der Waals surface area contributed by atoms with Gasteiger partial charge < -0.3 is 10.2 Å². The van der Waals surface area contributed by atoms with E-state index in [1.54, 1.807) is 11.0 Å². The number of carbonyl (C=O) groups is 2. The number of anilines is 2. The number of fused-ring (bicyclic) bond motifs is 5. The lowest BCUT2D eigenvalue weighted by molar-refractivity contribution is -0.124. The molecule has 3 aliphatic rings. The number of rotatable bonds is 3. The number of nitrogens with zero attached hydrogens (tertiary/aromatic N) is 1. The number of carbonyl (C=O) groups excluding carboxylic acids is 2. The Balaban J connectivity index is 1.63. The van der Waals surface area contributed by atoms with Crippen LogP contribution in [0.25, 0.3) is 0 Å². The van der Waals surface area contributed by atoms with Gasteiger partial charge in [-0.25, -0.2) is 0 Å². The van der Waals surface area contributed by atoms with E-state index in [-0.39, 0.29) is 17.6 Å². The zero-order chi connectivity index (χ0) is 23.4. The second-order valence-corrected chi connectivity index (χ2v) is 9.44. The van der Waals surface area contributed by atoms with Crippen LogP contribution in [-0.4, -0.2) is 18.2 Å². The van der Waals surface area contributed by atoms with Crippen molar-refractivity contribution < 1.29 is 9.59 Å². The maximum Gasteiger partial charge on any atom is 0.247 e. The van der Waals surface area contributed by atoms with Crippen LogP contribution in [0, 0.1) is 6.92 Å². The zero-order valence-electron chi connectivity index (χ0n) is 19.2. The Morgan fingerprint density at radius 3 is 2.56 bits per heavy atom. The highest BCUT2D eigenvalue weighted by atomic mass is 16.2. The first-order chi connectivity index (χ1) is 16.6. The molecule has 2 aliphatic heterocycles. The summed E-state index contributed by atoms with van der Waals surface area (Å²) in [5, 5.41) is 3.57. The van der Waals surface area contributed by atoms with Gasteiger partial charge in [0.2, 0.25) is 5.91 Å². The van der Waals surface area contributed by atoms with Gasteiger partial charge in [-0.15, -0.1) is 6.58 Å². The van der Waals surface area contributed by atoms with Gasteiger partial charge in [-0.1, -0.05) is 72.3 Å². The maximum absolute atomic E-state index is 14.4. The summed E-state index contributed by atoms with van der Waals surface area (Å²) >= 11 is 0. The van der Waals surface area contributed by atoms with Crippen molar-refractivity contribution in [2.24, 2.45) is 0 Å². The van der Waals surface area contributed by atoms with Crippen molar-refractivity contribution in [3.8, 4) is 0 Å². The molecule has 2 unspecified atom stereocenters. The topological polar surface area (TPSA) is 49.4 Å². The van der Waals surface area contributed by atoms with Gasteiger partial charge in [0.25, 0.3) is 0 Å². The van der Waals surface area contributed by atoms with Crippen LogP contribution in [0.1, 0.15) is 41.0 Å². The molecule has 4 nitrogen and oxygen atoms in total. The van der Waals surface area contributed by atoms with E-state index >= 15 is 0 Å². The SMILES string of the molecule is C=CCN1C(=O)C2(C3=C(CC(c4ccccc4)CC3=O)Nc3ccc(C)cc32)c2ccccc21. The molecule has 6 rings (SSSR count). The molecule has 0 aromatic heterocycles. The van der Waals surface area contributed by atoms with E-state index in [2.05, 4.69) is 36.2 Å². The Bertz CT molecular complexity index is 1390. The molecule has 1 aliphatic carbocycles. The summed E-state index contributed by atoms with van der Waals surface area (Å²) in [7, 11) is 0. The summed E-state index contributed by atoms with van der Waals surface area (Å²) in [5.74, 6) is 0.0550. The second-order valence-electron chi connectivity index (χ2n) is 9.44. The Labute approximate surface area is 199 Å². The summed E-state index contributed by atoms with van der Waals surface area (Å²) in [4.78, 5) is 30.2. The highest BCUT2D eigenvalue weighted by molar-refractivity contribution is 6.21. The van der Waals surface area contributed by atoms with Gasteiger partial charge in [0, 0.05) is 46.7 Å². The molecule has 4 heteroatoms. The lowest BCUT2D eigenvalue weighted by atomic mass is 9.62. The minimum atomic E-state index is -1.14. The largest absolute Gasteiger partial charge is 0.358 e. The van der Waals surface area contributed by atoms with E-state index in [9.17, 15) is 9.59 Å². The van der Waals surface area contributed by atoms with E-state index in [0.29, 0.717) is 25.0 Å². The molecular formula is C30H26N2O2. The fraction of sp³-hybridized carbons (Fsp3) is 0.200. The molecule has 1 N–H and O–H groups in total. The number of nitrogens with one attached hydrogen (secondary N) is 1. The van der Waals surface area contributed by atoms with Crippen molar-refractivity contribution in [2.45, 2.75) is 31.1 Å². The van der Waals surface area contributed by atoms with Crippen LogP contribution in [0.2, 0.25) is 0 Å². The zero-order valence-corrected chi connectivity index (χ0v) is 19.2. The van der Waals surface area contributed by atoms with Gasteiger partial charge in [-0.3, -0.25) is 9.59 Å². The van der Waals surface area contributed by atoms with E-state index in [1.807, 2.05) is 55.5 Å². The molecule has 3 aromatic carbocycles. The first-order valence-electron chi connectivity index (χ1n) is 11.8. The summed E-state index contributed by atoms with van der Waals surface area (Å²) in [5.41, 5.74) is 6.05. The van der Waals surface area contributed by atoms with Gasteiger partial charge in [0.15, 0.2) is 5.78 Å². The number of Topliss-reactive ketones (excluding diaryl/α,β-unsaturated/α-hetero) is 1. The van der Waals surface area contributed by atoms with Crippen molar-refractivity contribution in [3.63, 3.8) is 0 Å². The number of allylic oxidation sites excluding steroid dienone is 1. The quantitative estimate of drug-likeness (QED) is 0.530. The number of aryl methyl sites for hydroxylation is 1. The lowest BCUT2D eigenvalue weighted by Crippen LogP contribution is -2.49. The molecule has 2 heterocycles. The van der Waals surface area contributed by atoms with Crippen LogP contribution >= 0.6 is 0 Å². The van der Waals surface area contributed by atoms with Crippen LogP contribution in [0.3, 0.4) is 0 Å². The van der Waals surface area contributed by atoms with Crippen molar-refractivity contribution in [2.75, 3.05) is 16.8 Å². The fourth-order valence-electron chi connectivity index (χ4n) is 6.06. The summed E-state index contributed by atoms with van der Waals surface area (Å²) in [6, 6.07) is 24.2. The third-order valence-electron chi connectivity index (χ3n) is 7.45. The Kier molecular flexibility index (Phi) is 4.59. The fourth-order valence-corrected chi connectivity index (χ4v) is 6.06. The first kappa shape index (κ1) is 20.7. The van der Waals surface area contributed by atoms with Crippen molar-refractivity contribution in [3.05, 3.63) is 119 Å². The third kappa shape index (κ3) is 2.72. The second kappa shape index (κ2) is 7.56. The Morgan fingerprint density at radius 1 is 1.00 bits per heavy atom. The smallest absolute Gasteiger partial charge is 0.247 e. The summed E-state index contributed by atoms with van der Waals surface area (Å²) in [6.07, 6.45) is 2.83. The van der Waals surface area contributed by atoms with Gasteiger partial charge >= 0.3 is 0 Å². The first-order valence-corrected chi connectivity index (χ1v) is 11.8. The Hall–Kier alpha value is -3.92. The Morgan fingerprint density at radius 2 is 1.76 bits per heavy atom. The summed E-state index contributed by atoms with van der Waals surface area (Å²) in [6.45, 7) is 6.30. The standard InChI is InChI=1S/C30H26N2O2/c1-3-15-32-26-12-8-7-11-22(26)30(29(32)34)23-16-19(2)13-14-24(23)31-25-17-21(18-27(33)28(25)30)20-9-5-4-6-10-20/h3-14,16,21,31H,1,15,17-18H2,2H3. The minimum absolute atomic E-state index is 0.0402. The van der Waals surface area contributed by atoms with Gasteiger partial charge in [0.05, 0.1) is 0 Å². The van der Waals surface area contributed by atoms with Crippen LogP contribution in [0.5, 0.6) is 0 Å². The third-order valence-corrected chi connectivity index (χ3v) is 7.45. The number of hydrogen-bond acceptors (Lipinski definition) is 3. The number of amides is 1. The van der Waals surface area contributed by atoms with Gasteiger partial charge in [0.1, 0.15) is 5.41 Å². The predicted octanol–water partition coefficient (Wildman–Crippen LogP) is 5.64. The highest BCUT2D eigenvalue weighted by Gasteiger charge is 2.60. The molecule has 0 radical (unpaired) electrons. The monoisotopic (exact) mass is 446 g/mol. The normalized spacial score (nSPS) is 22.9. The number of hydrogen-bond donors (Lipinski definition) is 1.